The number of alkyl halides is 3. The van der Waals surface area contributed by atoms with Gasteiger partial charge in [-0.3, -0.25) is 0 Å². The molecule has 62 valence electrons. The highest BCUT2D eigenvalue weighted by molar-refractivity contribution is 6.68. The van der Waals surface area contributed by atoms with Gasteiger partial charge in [0.1, 0.15) is 6.10 Å². The molecule has 0 aliphatic carbocycles. The zero-order chi connectivity index (χ0) is 8.20. The van der Waals surface area contributed by atoms with E-state index >= 15 is 0 Å². The molecule has 0 saturated heterocycles. The smallest absolute Gasteiger partial charge is 0.218 e. The molecule has 10 heavy (non-hydrogen) atoms. The van der Waals surface area contributed by atoms with Crippen molar-refractivity contribution in [1.29, 1.82) is 0 Å². The van der Waals surface area contributed by atoms with E-state index in [1.807, 2.05) is 0 Å². The molecular weight excluding hydrogens is 198 g/mol. The lowest BCUT2D eigenvalue weighted by molar-refractivity contribution is 0.0310. The molecule has 5 heteroatoms. The first-order valence-electron chi connectivity index (χ1n) is 2.60. The van der Waals surface area contributed by atoms with Gasteiger partial charge in [-0.1, -0.05) is 34.8 Å². The predicted molar refractivity (Wildman–Crippen MR) is 43.0 cm³/mol. The van der Waals surface area contributed by atoms with Crippen molar-refractivity contribution in [3.05, 3.63) is 0 Å². The third-order valence-corrected chi connectivity index (χ3v) is 1.70. The van der Waals surface area contributed by atoms with E-state index in [0.717, 1.165) is 0 Å². The summed E-state index contributed by atoms with van der Waals surface area (Å²) in [6, 6.07) is 0. The molecule has 2 nitrogen and oxygen atoms in total. The highest BCUT2D eigenvalue weighted by Crippen LogP contribution is 2.31. The van der Waals surface area contributed by atoms with E-state index in [0.29, 0.717) is 0 Å². The summed E-state index contributed by atoms with van der Waals surface area (Å²) in [6.45, 7) is 0.271. The van der Waals surface area contributed by atoms with Gasteiger partial charge in [0.25, 0.3) is 0 Å². The van der Waals surface area contributed by atoms with Crippen molar-refractivity contribution in [1.82, 2.24) is 0 Å². The van der Waals surface area contributed by atoms with Crippen molar-refractivity contribution >= 4 is 34.8 Å². The number of rotatable bonds is 3. The molecule has 0 aliphatic rings. The van der Waals surface area contributed by atoms with Crippen LogP contribution < -0.4 is 0 Å². The SMILES string of the molecule is COCC(OC)C(Cl)(Cl)Cl. The summed E-state index contributed by atoms with van der Waals surface area (Å²) >= 11 is 16.5. The fourth-order valence-electron chi connectivity index (χ4n) is 0.448. The highest BCUT2D eigenvalue weighted by Gasteiger charge is 2.32. The van der Waals surface area contributed by atoms with Gasteiger partial charge in [0.15, 0.2) is 0 Å². The molecule has 1 unspecified atom stereocenters. The second-order valence-electron chi connectivity index (χ2n) is 1.72. The quantitative estimate of drug-likeness (QED) is 0.659. The predicted octanol–water partition coefficient (Wildman–Crippen LogP) is 2.02. The van der Waals surface area contributed by atoms with Gasteiger partial charge in [-0.15, -0.1) is 0 Å². The van der Waals surface area contributed by atoms with Crippen LogP contribution in [0, 0.1) is 0 Å². The number of methoxy groups -OCH3 is 2. The van der Waals surface area contributed by atoms with Crippen LogP contribution in [0.4, 0.5) is 0 Å². The lowest BCUT2D eigenvalue weighted by atomic mass is 10.4. The Morgan fingerprint density at radius 3 is 1.90 bits per heavy atom. The van der Waals surface area contributed by atoms with E-state index in [2.05, 4.69) is 0 Å². The maximum absolute atomic E-state index is 5.50. The Labute approximate surface area is 75.3 Å². The van der Waals surface area contributed by atoms with Crippen LogP contribution in [0.3, 0.4) is 0 Å². The van der Waals surface area contributed by atoms with Gasteiger partial charge in [-0.05, 0) is 0 Å². The van der Waals surface area contributed by atoms with Crippen molar-refractivity contribution in [2.45, 2.75) is 9.90 Å². The van der Waals surface area contributed by atoms with Crippen molar-refractivity contribution in [2.24, 2.45) is 0 Å². The fourth-order valence-corrected chi connectivity index (χ4v) is 0.904. The van der Waals surface area contributed by atoms with Crippen molar-refractivity contribution in [3.63, 3.8) is 0 Å². The molecule has 0 rings (SSSR count). The molecule has 0 aromatic carbocycles. The summed E-state index contributed by atoms with van der Waals surface area (Å²) in [5.74, 6) is 0. The molecule has 0 amide bonds. The Balaban J connectivity index is 3.81. The maximum Gasteiger partial charge on any atom is 0.218 e. The molecule has 0 saturated carbocycles. The van der Waals surface area contributed by atoms with Crippen LogP contribution in [0.25, 0.3) is 0 Å². The third kappa shape index (κ3) is 3.84. The Bertz CT molecular complexity index is 91.4. The van der Waals surface area contributed by atoms with Crippen LogP contribution >= 0.6 is 34.8 Å². The second kappa shape index (κ2) is 4.62. The Morgan fingerprint density at radius 1 is 1.30 bits per heavy atom. The van der Waals surface area contributed by atoms with Crippen LogP contribution in [0.5, 0.6) is 0 Å². The molecule has 1 atom stereocenters. The monoisotopic (exact) mass is 206 g/mol. The van der Waals surface area contributed by atoms with E-state index in [1.165, 1.54) is 14.2 Å². The fraction of sp³-hybridized carbons (Fsp3) is 1.00. The van der Waals surface area contributed by atoms with Crippen LogP contribution in [-0.2, 0) is 9.47 Å². The van der Waals surface area contributed by atoms with Gasteiger partial charge in [0, 0.05) is 14.2 Å². The van der Waals surface area contributed by atoms with Crippen LogP contribution in [0.2, 0.25) is 0 Å². The minimum Gasteiger partial charge on any atom is -0.382 e. The average Bonchev–Trinajstić information content (AvgIpc) is 1.80. The summed E-state index contributed by atoms with van der Waals surface area (Å²) in [4.78, 5) is 0. The van der Waals surface area contributed by atoms with Gasteiger partial charge >= 0.3 is 0 Å². The Hall–Kier alpha value is 0.790. The summed E-state index contributed by atoms with van der Waals surface area (Å²) in [7, 11) is 2.98. The minimum atomic E-state index is -1.41. The third-order valence-electron chi connectivity index (χ3n) is 0.968. The van der Waals surface area contributed by atoms with Crippen LogP contribution in [0.1, 0.15) is 0 Å². The standard InChI is InChI=1S/C5H9Cl3O2/c1-9-3-4(10-2)5(6,7)8/h4H,3H2,1-2H3. The van der Waals surface area contributed by atoms with Gasteiger partial charge in [-0.25, -0.2) is 0 Å². The molecule has 0 heterocycles. The van der Waals surface area contributed by atoms with Gasteiger partial charge in [0.2, 0.25) is 3.79 Å². The van der Waals surface area contributed by atoms with Gasteiger partial charge in [-0.2, -0.15) is 0 Å². The lowest BCUT2D eigenvalue weighted by Gasteiger charge is -2.21. The zero-order valence-corrected chi connectivity index (χ0v) is 8.00. The van der Waals surface area contributed by atoms with Crippen LogP contribution in [-0.4, -0.2) is 30.7 Å². The Kier molecular flexibility index (Phi) is 4.99. The number of ether oxygens (including phenoxy) is 2. The van der Waals surface area contributed by atoms with Gasteiger partial charge < -0.3 is 9.47 Å². The molecular formula is C5H9Cl3O2. The van der Waals surface area contributed by atoms with E-state index in [1.54, 1.807) is 0 Å². The molecule has 0 N–H and O–H groups in total. The highest BCUT2D eigenvalue weighted by atomic mass is 35.6. The molecule has 0 fully saturated rings. The van der Waals surface area contributed by atoms with E-state index in [9.17, 15) is 0 Å². The van der Waals surface area contributed by atoms with Crippen molar-refractivity contribution < 1.29 is 9.47 Å². The van der Waals surface area contributed by atoms with E-state index in [4.69, 9.17) is 44.3 Å². The second-order valence-corrected chi connectivity index (χ2v) is 4.09. The van der Waals surface area contributed by atoms with Crippen molar-refractivity contribution in [2.75, 3.05) is 20.8 Å². The number of hydrogen-bond acceptors (Lipinski definition) is 2. The largest absolute Gasteiger partial charge is 0.382 e. The minimum absolute atomic E-state index is 0.271. The van der Waals surface area contributed by atoms with E-state index < -0.39 is 9.90 Å². The molecule has 0 aromatic heterocycles. The molecule has 0 bridgehead atoms. The molecule has 0 aliphatic heterocycles. The molecule has 0 radical (unpaired) electrons. The summed E-state index contributed by atoms with van der Waals surface area (Å²) < 4.78 is 8.17. The zero-order valence-electron chi connectivity index (χ0n) is 5.73. The summed E-state index contributed by atoms with van der Waals surface area (Å²) in [5, 5.41) is 0. The van der Waals surface area contributed by atoms with Crippen LogP contribution in [0.15, 0.2) is 0 Å². The molecule has 0 spiro atoms. The average molecular weight is 207 g/mol. The number of halogens is 3. The summed E-state index contributed by atoms with van der Waals surface area (Å²) in [6.07, 6.45) is -0.512. The summed E-state index contributed by atoms with van der Waals surface area (Å²) in [5.41, 5.74) is 0. The Morgan fingerprint density at radius 2 is 1.80 bits per heavy atom. The maximum atomic E-state index is 5.50. The first-order valence-corrected chi connectivity index (χ1v) is 3.74. The lowest BCUT2D eigenvalue weighted by Crippen LogP contribution is -2.31. The van der Waals surface area contributed by atoms with Gasteiger partial charge in [0.05, 0.1) is 6.61 Å². The number of hydrogen-bond donors (Lipinski definition) is 0. The topological polar surface area (TPSA) is 18.5 Å². The normalized spacial score (nSPS) is 15.3. The van der Waals surface area contributed by atoms with Crippen molar-refractivity contribution in [3.8, 4) is 0 Å². The van der Waals surface area contributed by atoms with E-state index in [-0.39, 0.29) is 6.61 Å². The molecule has 0 aromatic rings. The first-order chi connectivity index (χ1) is 4.52. The first kappa shape index (κ1) is 10.8.